The largest absolute Gasteiger partial charge is 0.490 e. The van der Waals surface area contributed by atoms with Gasteiger partial charge in [-0.15, -0.1) is 5.10 Å². The van der Waals surface area contributed by atoms with E-state index in [0.29, 0.717) is 31.6 Å². The summed E-state index contributed by atoms with van der Waals surface area (Å²) >= 11 is 0. The molecular weight excluding hydrogens is 366 g/mol. The molecule has 2 aromatic carbocycles. The number of rotatable bonds is 5. The van der Waals surface area contributed by atoms with Gasteiger partial charge in [-0.25, -0.2) is 13.1 Å². The van der Waals surface area contributed by atoms with Crippen LogP contribution in [0.1, 0.15) is 12.8 Å². The molecular formula is C18H19N5O3S. The third-order valence-corrected chi connectivity index (χ3v) is 6.41. The van der Waals surface area contributed by atoms with E-state index in [-0.39, 0.29) is 11.0 Å². The van der Waals surface area contributed by atoms with Crippen molar-refractivity contribution in [2.75, 3.05) is 13.1 Å². The summed E-state index contributed by atoms with van der Waals surface area (Å²) in [5.74, 6) is 0.813. The number of piperidine rings is 1. The second-order valence-corrected chi connectivity index (χ2v) is 8.22. The lowest BCUT2D eigenvalue weighted by atomic mass is 10.1. The minimum atomic E-state index is -3.58. The van der Waals surface area contributed by atoms with Crippen LogP contribution >= 0.6 is 0 Å². The summed E-state index contributed by atoms with van der Waals surface area (Å²) in [5.41, 5.74) is 0.600. The first-order chi connectivity index (χ1) is 13.1. The lowest BCUT2D eigenvalue weighted by Crippen LogP contribution is -2.41. The zero-order valence-electron chi connectivity index (χ0n) is 14.5. The number of hydrogen-bond donors (Lipinski definition) is 0. The maximum Gasteiger partial charge on any atom is 0.243 e. The van der Waals surface area contributed by atoms with Crippen molar-refractivity contribution in [2.45, 2.75) is 23.8 Å². The van der Waals surface area contributed by atoms with E-state index in [2.05, 4.69) is 15.5 Å². The minimum Gasteiger partial charge on any atom is -0.490 e. The normalized spacial score (nSPS) is 16.3. The molecule has 4 rings (SSSR count). The molecule has 0 amide bonds. The SMILES string of the molecule is O=S(=O)(c1cccc(-n2cnnn2)c1)N1CCC(Oc2ccccc2)CC1. The van der Waals surface area contributed by atoms with Crippen LogP contribution < -0.4 is 4.74 Å². The van der Waals surface area contributed by atoms with Gasteiger partial charge in [0.1, 0.15) is 18.2 Å². The van der Waals surface area contributed by atoms with Crippen LogP contribution in [-0.2, 0) is 10.0 Å². The van der Waals surface area contributed by atoms with Gasteiger partial charge in [0.05, 0.1) is 10.6 Å². The molecule has 0 saturated carbocycles. The molecule has 1 aliphatic heterocycles. The van der Waals surface area contributed by atoms with E-state index in [1.165, 1.54) is 15.3 Å². The molecule has 0 aliphatic carbocycles. The zero-order valence-corrected chi connectivity index (χ0v) is 15.4. The van der Waals surface area contributed by atoms with Gasteiger partial charge in [0.25, 0.3) is 0 Å². The topological polar surface area (TPSA) is 90.2 Å². The second-order valence-electron chi connectivity index (χ2n) is 6.29. The van der Waals surface area contributed by atoms with Crippen molar-refractivity contribution in [2.24, 2.45) is 0 Å². The predicted octanol–water partition coefficient (Wildman–Crippen LogP) is 1.89. The molecule has 0 bridgehead atoms. The minimum absolute atomic E-state index is 0.0198. The third-order valence-electron chi connectivity index (χ3n) is 4.52. The lowest BCUT2D eigenvalue weighted by Gasteiger charge is -2.31. The van der Waals surface area contributed by atoms with Crippen LogP contribution in [0.15, 0.2) is 65.8 Å². The molecule has 9 heteroatoms. The summed E-state index contributed by atoms with van der Waals surface area (Å²) in [6.45, 7) is 0.851. The Morgan fingerprint density at radius 2 is 1.78 bits per heavy atom. The maximum absolute atomic E-state index is 13.0. The summed E-state index contributed by atoms with van der Waals surface area (Å²) < 4.78 is 34.9. The second kappa shape index (κ2) is 7.45. The summed E-state index contributed by atoms with van der Waals surface area (Å²) in [7, 11) is -3.58. The molecule has 8 nitrogen and oxygen atoms in total. The molecule has 0 spiro atoms. The smallest absolute Gasteiger partial charge is 0.243 e. The number of nitrogens with zero attached hydrogens (tertiary/aromatic N) is 5. The fourth-order valence-corrected chi connectivity index (χ4v) is 4.61. The van der Waals surface area contributed by atoms with E-state index in [1.54, 1.807) is 24.3 Å². The molecule has 1 saturated heterocycles. The summed E-state index contributed by atoms with van der Waals surface area (Å²) in [6.07, 6.45) is 2.76. The molecule has 27 heavy (non-hydrogen) atoms. The first-order valence-corrected chi connectivity index (χ1v) is 10.1. The van der Waals surface area contributed by atoms with Gasteiger partial charge >= 0.3 is 0 Å². The van der Waals surface area contributed by atoms with Crippen LogP contribution in [0.3, 0.4) is 0 Å². The molecule has 0 unspecified atom stereocenters. The van der Waals surface area contributed by atoms with Crippen molar-refractivity contribution in [3.63, 3.8) is 0 Å². The number of sulfonamides is 1. The first kappa shape index (κ1) is 17.6. The standard InChI is InChI=1S/C18H19N5O3S/c24-27(25,18-8-4-5-15(13-18)23-14-19-20-21-23)22-11-9-17(10-12-22)26-16-6-2-1-3-7-16/h1-8,13-14,17H,9-12H2. The molecule has 1 fully saturated rings. The molecule has 0 atom stereocenters. The van der Waals surface area contributed by atoms with Gasteiger partial charge in [-0.2, -0.15) is 4.31 Å². The first-order valence-electron chi connectivity index (χ1n) is 8.68. The fraction of sp³-hybridized carbons (Fsp3) is 0.278. The Labute approximate surface area is 157 Å². The number of tetrazole rings is 1. The highest BCUT2D eigenvalue weighted by atomic mass is 32.2. The van der Waals surface area contributed by atoms with Gasteiger partial charge < -0.3 is 4.74 Å². The van der Waals surface area contributed by atoms with E-state index >= 15 is 0 Å². The van der Waals surface area contributed by atoms with Gasteiger partial charge in [-0.05, 0) is 53.6 Å². The van der Waals surface area contributed by atoms with Gasteiger partial charge in [-0.3, -0.25) is 0 Å². The molecule has 0 N–H and O–H groups in total. The Bertz CT molecular complexity index is 985. The summed E-state index contributed by atoms with van der Waals surface area (Å²) in [6, 6.07) is 16.2. The van der Waals surface area contributed by atoms with E-state index in [4.69, 9.17) is 4.74 Å². The number of ether oxygens (including phenoxy) is 1. The van der Waals surface area contributed by atoms with E-state index in [0.717, 1.165) is 5.75 Å². The van der Waals surface area contributed by atoms with Gasteiger partial charge in [0.2, 0.25) is 10.0 Å². The predicted molar refractivity (Wildman–Crippen MR) is 98.0 cm³/mol. The quantitative estimate of drug-likeness (QED) is 0.666. The lowest BCUT2D eigenvalue weighted by molar-refractivity contribution is 0.135. The van der Waals surface area contributed by atoms with E-state index in [9.17, 15) is 8.42 Å². The van der Waals surface area contributed by atoms with Crippen molar-refractivity contribution in [3.8, 4) is 11.4 Å². The summed E-state index contributed by atoms with van der Waals surface area (Å²) in [4.78, 5) is 0.234. The van der Waals surface area contributed by atoms with Gasteiger partial charge in [-0.1, -0.05) is 24.3 Å². The molecule has 2 heterocycles. The average Bonchev–Trinajstić information content (AvgIpc) is 3.24. The Kier molecular flexibility index (Phi) is 4.87. The monoisotopic (exact) mass is 385 g/mol. The fourth-order valence-electron chi connectivity index (χ4n) is 3.10. The molecule has 3 aromatic rings. The zero-order chi connectivity index (χ0) is 18.7. The molecule has 1 aliphatic rings. The van der Waals surface area contributed by atoms with Crippen molar-refractivity contribution in [1.82, 2.24) is 24.5 Å². The molecule has 0 radical (unpaired) electrons. The van der Waals surface area contributed by atoms with Crippen molar-refractivity contribution in [3.05, 3.63) is 60.9 Å². The number of aromatic nitrogens is 4. The van der Waals surface area contributed by atoms with Crippen LogP contribution in [-0.4, -0.2) is 52.1 Å². The van der Waals surface area contributed by atoms with Crippen LogP contribution in [0.4, 0.5) is 0 Å². The number of para-hydroxylation sites is 1. The van der Waals surface area contributed by atoms with Crippen LogP contribution in [0.5, 0.6) is 5.75 Å². The average molecular weight is 385 g/mol. The molecule has 140 valence electrons. The number of hydrogen-bond acceptors (Lipinski definition) is 6. The Hall–Kier alpha value is -2.78. The summed E-state index contributed by atoms with van der Waals surface area (Å²) in [5, 5.41) is 11.0. The molecule has 1 aromatic heterocycles. The number of benzene rings is 2. The third kappa shape index (κ3) is 3.83. The highest BCUT2D eigenvalue weighted by Crippen LogP contribution is 2.24. The van der Waals surface area contributed by atoms with Gasteiger partial charge in [0, 0.05) is 13.1 Å². The highest BCUT2D eigenvalue weighted by Gasteiger charge is 2.30. The van der Waals surface area contributed by atoms with Crippen LogP contribution in [0, 0.1) is 0 Å². The van der Waals surface area contributed by atoms with Crippen molar-refractivity contribution >= 4 is 10.0 Å². The Morgan fingerprint density at radius 3 is 2.48 bits per heavy atom. The highest BCUT2D eigenvalue weighted by molar-refractivity contribution is 7.89. The van der Waals surface area contributed by atoms with Gasteiger partial charge in [0.15, 0.2) is 0 Å². The Morgan fingerprint density at radius 1 is 1.00 bits per heavy atom. The van der Waals surface area contributed by atoms with Crippen molar-refractivity contribution < 1.29 is 13.2 Å². The van der Waals surface area contributed by atoms with Crippen LogP contribution in [0.2, 0.25) is 0 Å². The Balaban J connectivity index is 1.45. The van der Waals surface area contributed by atoms with E-state index in [1.807, 2.05) is 30.3 Å². The van der Waals surface area contributed by atoms with Crippen molar-refractivity contribution in [1.29, 1.82) is 0 Å². The van der Waals surface area contributed by atoms with Crippen LogP contribution in [0.25, 0.3) is 5.69 Å². The maximum atomic E-state index is 13.0. The van der Waals surface area contributed by atoms with E-state index < -0.39 is 10.0 Å².